The van der Waals surface area contributed by atoms with Gasteiger partial charge in [-0.3, -0.25) is 0 Å². The van der Waals surface area contributed by atoms with Crippen molar-refractivity contribution in [3.63, 3.8) is 0 Å². The summed E-state index contributed by atoms with van der Waals surface area (Å²) in [6.07, 6.45) is 0.710. The Bertz CT molecular complexity index is 769. The van der Waals surface area contributed by atoms with Crippen LogP contribution in [0.1, 0.15) is 35.6 Å². The zero-order valence-electron chi connectivity index (χ0n) is 16.3. The van der Waals surface area contributed by atoms with Gasteiger partial charge in [0.15, 0.2) is 11.5 Å². The normalized spacial score (nSPS) is 18.1. The van der Waals surface area contributed by atoms with Gasteiger partial charge in [-0.05, 0) is 48.6 Å². The van der Waals surface area contributed by atoms with Crippen molar-refractivity contribution in [1.29, 1.82) is 0 Å². The van der Waals surface area contributed by atoms with E-state index in [1.807, 2.05) is 49.4 Å². The van der Waals surface area contributed by atoms with Gasteiger partial charge in [0, 0.05) is 19.6 Å². The molecule has 0 bridgehead atoms. The maximum atomic E-state index is 11.1. The van der Waals surface area contributed by atoms with Gasteiger partial charge in [0.05, 0.1) is 25.9 Å². The highest BCUT2D eigenvalue weighted by molar-refractivity contribution is 5.43. The molecule has 0 radical (unpaired) electrons. The number of hydrogen-bond donors (Lipinski definition) is 2. The zero-order chi connectivity index (χ0) is 19.4. The van der Waals surface area contributed by atoms with Crippen LogP contribution in [-0.2, 0) is 5.60 Å². The fourth-order valence-electron chi connectivity index (χ4n) is 3.88. The Morgan fingerprint density at radius 2 is 1.70 bits per heavy atom. The molecule has 1 atom stereocenters. The number of hydrogen-bond acceptors (Lipinski definition) is 5. The van der Waals surface area contributed by atoms with Gasteiger partial charge in [-0.1, -0.05) is 30.3 Å². The van der Waals surface area contributed by atoms with Crippen LogP contribution in [0, 0.1) is 6.92 Å². The predicted molar refractivity (Wildman–Crippen MR) is 105 cm³/mol. The Morgan fingerprint density at radius 3 is 2.33 bits per heavy atom. The molecule has 0 unspecified atom stereocenters. The van der Waals surface area contributed by atoms with Crippen LogP contribution in [0.5, 0.6) is 11.5 Å². The van der Waals surface area contributed by atoms with Crippen molar-refractivity contribution in [2.24, 2.45) is 0 Å². The average Bonchev–Trinajstić information content (AvgIpc) is 2.69. The minimum Gasteiger partial charge on any atom is -0.493 e. The van der Waals surface area contributed by atoms with Crippen molar-refractivity contribution in [2.75, 3.05) is 33.9 Å². The van der Waals surface area contributed by atoms with E-state index in [1.54, 1.807) is 14.2 Å². The first kappa shape index (κ1) is 19.7. The van der Waals surface area contributed by atoms with Gasteiger partial charge >= 0.3 is 0 Å². The van der Waals surface area contributed by atoms with Crippen molar-refractivity contribution in [2.45, 2.75) is 31.5 Å². The summed E-state index contributed by atoms with van der Waals surface area (Å²) in [6.45, 7) is 4.06. The van der Waals surface area contributed by atoms with Gasteiger partial charge < -0.3 is 24.6 Å². The molecule has 2 N–H and O–H groups in total. The van der Waals surface area contributed by atoms with Gasteiger partial charge in [0.1, 0.15) is 0 Å². The molecule has 5 nitrogen and oxygen atoms in total. The number of benzene rings is 2. The number of piperidine rings is 1. The number of ether oxygens (including phenoxy) is 2. The molecule has 1 saturated heterocycles. The molecule has 0 amide bonds. The van der Waals surface area contributed by atoms with Gasteiger partial charge in [-0.2, -0.15) is 0 Å². The summed E-state index contributed by atoms with van der Waals surface area (Å²) in [5.41, 5.74) is 2.16. The molecular weight excluding hydrogens is 342 g/mol. The Labute approximate surface area is 161 Å². The largest absolute Gasteiger partial charge is 0.493 e. The minimum atomic E-state index is -0.782. The molecular formula is C22H29NO4. The summed E-state index contributed by atoms with van der Waals surface area (Å²) in [4.78, 5) is 2.20. The lowest BCUT2D eigenvalue weighted by atomic mass is 9.82. The Kier molecular flexibility index (Phi) is 6.05. The predicted octanol–water partition coefficient (Wildman–Crippen LogP) is 3.03. The van der Waals surface area contributed by atoms with E-state index >= 15 is 0 Å². The highest BCUT2D eigenvalue weighted by Gasteiger charge is 2.35. The SMILES string of the molecule is COc1ccc([C@H](O)CN2CCC(O)(c3ccccc3C)CC2)cc1OC. The number of aryl methyl sites for hydroxylation is 1. The van der Waals surface area contributed by atoms with Crippen molar-refractivity contribution in [3.8, 4) is 11.5 Å². The molecule has 1 heterocycles. The lowest BCUT2D eigenvalue weighted by Crippen LogP contribution is -2.44. The molecule has 1 aliphatic rings. The maximum absolute atomic E-state index is 11.1. The molecule has 0 aliphatic carbocycles. The number of β-amino-alcohol motifs (C(OH)–C–C–N with tert-alkyl or cyclic N) is 1. The molecule has 27 heavy (non-hydrogen) atoms. The van der Waals surface area contributed by atoms with Crippen LogP contribution in [0.4, 0.5) is 0 Å². The summed E-state index contributed by atoms with van der Waals surface area (Å²) in [5, 5.41) is 21.7. The van der Waals surface area contributed by atoms with Gasteiger partial charge in [0.25, 0.3) is 0 Å². The third kappa shape index (κ3) is 4.26. The molecule has 1 fully saturated rings. The molecule has 2 aromatic carbocycles. The van der Waals surface area contributed by atoms with E-state index in [-0.39, 0.29) is 0 Å². The van der Waals surface area contributed by atoms with E-state index in [4.69, 9.17) is 9.47 Å². The van der Waals surface area contributed by atoms with Crippen LogP contribution in [0.2, 0.25) is 0 Å². The molecule has 146 valence electrons. The van der Waals surface area contributed by atoms with E-state index < -0.39 is 11.7 Å². The van der Waals surface area contributed by atoms with Gasteiger partial charge in [0.2, 0.25) is 0 Å². The number of rotatable bonds is 6. The molecule has 5 heteroatoms. The third-order valence-corrected chi connectivity index (χ3v) is 5.55. The van der Waals surface area contributed by atoms with Crippen LogP contribution in [0.25, 0.3) is 0 Å². The second-order valence-corrected chi connectivity index (χ2v) is 7.28. The first-order chi connectivity index (χ1) is 13.0. The van der Waals surface area contributed by atoms with Crippen molar-refractivity contribution in [1.82, 2.24) is 4.90 Å². The Balaban J connectivity index is 1.63. The van der Waals surface area contributed by atoms with E-state index in [9.17, 15) is 10.2 Å². The Hall–Kier alpha value is -2.08. The second-order valence-electron chi connectivity index (χ2n) is 7.28. The fraction of sp³-hybridized carbons (Fsp3) is 0.455. The van der Waals surface area contributed by atoms with Crippen molar-refractivity contribution in [3.05, 3.63) is 59.2 Å². The molecule has 3 rings (SSSR count). The number of aliphatic hydroxyl groups is 2. The zero-order valence-corrected chi connectivity index (χ0v) is 16.3. The van der Waals surface area contributed by atoms with Crippen LogP contribution >= 0.6 is 0 Å². The average molecular weight is 371 g/mol. The first-order valence-electron chi connectivity index (χ1n) is 9.37. The summed E-state index contributed by atoms with van der Waals surface area (Å²) < 4.78 is 10.6. The number of methoxy groups -OCH3 is 2. The molecule has 0 spiro atoms. The fourth-order valence-corrected chi connectivity index (χ4v) is 3.88. The standard InChI is InChI=1S/C22H29NO4/c1-16-6-4-5-7-18(16)22(25)10-12-23(13-11-22)15-19(24)17-8-9-20(26-2)21(14-17)27-3/h4-9,14,19,24-25H,10-13,15H2,1-3H3/t19-/m1/s1. The number of aliphatic hydroxyl groups excluding tert-OH is 1. The Morgan fingerprint density at radius 1 is 1.04 bits per heavy atom. The second kappa shape index (κ2) is 8.30. The lowest BCUT2D eigenvalue weighted by molar-refractivity contribution is -0.0349. The lowest BCUT2D eigenvalue weighted by Gasteiger charge is -2.39. The quantitative estimate of drug-likeness (QED) is 0.817. The molecule has 2 aromatic rings. The van der Waals surface area contributed by atoms with Crippen LogP contribution < -0.4 is 9.47 Å². The van der Waals surface area contributed by atoms with E-state index in [1.165, 1.54) is 0 Å². The molecule has 0 saturated carbocycles. The highest BCUT2D eigenvalue weighted by atomic mass is 16.5. The summed E-state index contributed by atoms with van der Waals surface area (Å²) in [5.74, 6) is 1.26. The number of likely N-dealkylation sites (tertiary alicyclic amines) is 1. The topological polar surface area (TPSA) is 62.2 Å². The summed E-state index contributed by atoms with van der Waals surface area (Å²) in [7, 11) is 3.18. The highest BCUT2D eigenvalue weighted by Crippen LogP contribution is 2.35. The van der Waals surface area contributed by atoms with E-state index in [0.29, 0.717) is 30.9 Å². The van der Waals surface area contributed by atoms with Crippen molar-refractivity contribution >= 4 is 0 Å². The smallest absolute Gasteiger partial charge is 0.161 e. The van der Waals surface area contributed by atoms with Gasteiger partial charge in [-0.25, -0.2) is 0 Å². The third-order valence-electron chi connectivity index (χ3n) is 5.55. The van der Waals surface area contributed by atoms with Crippen LogP contribution in [-0.4, -0.2) is 49.0 Å². The van der Waals surface area contributed by atoms with Crippen LogP contribution in [0.15, 0.2) is 42.5 Å². The monoisotopic (exact) mass is 371 g/mol. The van der Waals surface area contributed by atoms with E-state index in [2.05, 4.69) is 4.90 Å². The van der Waals surface area contributed by atoms with Crippen molar-refractivity contribution < 1.29 is 19.7 Å². The van der Waals surface area contributed by atoms with E-state index in [0.717, 1.165) is 29.8 Å². The van der Waals surface area contributed by atoms with Crippen LogP contribution in [0.3, 0.4) is 0 Å². The molecule has 0 aromatic heterocycles. The first-order valence-corrected chi connectivity index (χ1v) is 9.37. The minimum absolute atomic E-state index is 0.527. The maximum Gasteiger partial charge on any atom is 0.161 e. The number of nitrogens with zero attached hydrogens (tertiary/aromatic N) is 1. The molecule has 1 aliphatic heterocycles. The summed E-state index contributed by atoms with van der Waals surface area (Å²) in [6, 6.07) is 13.5. The summed E-state index contributed by atoms with van der Waals surface area (Å²) >= 11 is 0. The van der Waals surface area contributed by atoms with Gasteiger partial charge in [-0.15, -0.1) is 0 Å².